The van der Waals surface area contributed by atoms with Gasteiger partial charge in [0.25, 0.3) is 0 Å². The summed E-state index contributed by atoms with van der Waals surface area (Å²) in [4.78, 5) is 26.8. The van der Waals surface area contributed by atoms with Crippen LogP contribution < -0.4 is 20.1 Å². The van der Waals surface area contributed by atoms with E-state index in [1.54, 1.807) is 19.1 Å². The van der Waals surface area contributed by atoms with Crippen molar-refractivity contribution in [1.82, 2.24) is 15.5 Å². The summed E-state index contributed by atoms with van der Waals surface area (Å²) in [7, 11) is 3.20. The first kappa shape index (κ1) is 21.9. The molecule has 1 unspecified atom stereocenters. The van der Waals surface area contributed by atoms with Crippen molar-refractivity contribution in [2.75, 3.05) is 27.3 Å². The average molecular weight is 392 g/mol. The van der Waals surface area contributed by atoms with Crippen molar-refractivity contribution in [3.63, 3.8) is 0 Å². The second kappa shape index (κ2) is 9.66. The van der Waals surface area contributed by atoms with Crippen molar-refractivity contribution in [2.45, 2.75) is 52.6 Å². The van der Waals surface area contributed by atoms with E-state index in [-0.39, 0.29) is 29.9 Å². The van der Waals surface area contributed by atoms with Crippen LogP contribution in [0.2, 0.25) is 0 Å². The number of ether oxygens (including phenoxy) is 2. The lowest BCUT2D eigenvalue weighted by molar-refractivity contribution is -0.122. The minimum absolute atomic E-state index is 0.00758. The molecule has 1 aliphatic rings. The molecule has 1 aromatic carbocycles. The van der Waals surface area contributed by atoms with Gasteiger partial charge in [-0.15, -0.1) is 0 Å². The molecule has 2 N–H and O–H groups in total. The van der Waals surface area contributed by atoms with Crippen molar-refractivity contribution in [1.29, 1.82) is 0 Å². The SMILES string of the molecule is COc1cc2c(cc1OC)C(CNC(=O)CC(C)C)N(C(=O)NC(C)C)CC2. The fraction of sp³-hybridized carbons (Fsp3) is 0.619. The maximum atomic E-state index is 12.8. The summed E-state index contributed by atoms with van der Waals surface area (Å²) in [6.07, 6.45) is 1.18. The Kier molecular flexibility index (Phi) is 7.54. The third kappa shape index (κ3) is 5.30. The standard InChI is InChI=1S/C21H33N3O4/c1-13(2)9-20(25)22-12-17-16-11-19(28-6)18(27-5)10-15(16)7-8-24(17)21(26)23-14(3)4/h10-11,13-14,17H,7-9,12H2,1-6H3,(H,22,25)(H,23,26). The highest BCUT2D eigenvalue weighted by Crippen LogP contribution is 2.38. The zero-order valence-electron chi connectivity index (χ0n) is 17.8. The summed E-state index contributed by atoms with van der Waals surface area (Å²) in [6, 6.07) is 3.53. The molecule has 0 saturated heterocycles. The highest BCUT2D eigenvalue weighted by atomic mass is 16.5. The Morgan fingerprint density at radius 1 is 1.14 bits per heavy atom. The van der Waals surface area contributed by atoms with Crippen LogP contribution >= 0.6 is 0 Å². The monoisotopic (exact) mass is 391 g/mol. The summed E-state index contributed by atoms with van der Waals surface area (Å²) in [5.41, 5.74) is 2.09. The van der Waals surface area contributed by atoms with Crippen molar-refractivity contribution in [3.05, 3.63) is 23.3 Å². The van der Waals surface area contributed by atoms with Gasteiger partial charge in [0.15, 0.2) is 11.5 Å². The number of nitrogens with one attached hydrogen (secondary N) is 2. The average Bonchev–Trinajstić information content (AvgIpc) is 2.63. The number of benzene rings is 1. The zero-order valence-corrected chi connectivity index (χ0v) is 17.8. The molecule has 0 saturated carbocycles. The maximum absolute atomic E-state index is 12.8. The molecular weight excluding hydrogens is 358 g/mol. The molecule has 7 nitrogen and oxygen atoms in total. The van der Waals surface area contributed by atoms with Crippen LogP contribution in [-0.2, 0) is 11.2 Å². The van der Waals surface area contributed by atoms with E-state index in [9.17, 15) is 9.59 Å². The first-order chi connectivity index (χ1) is 13.3. The number of carbonyl (C=O) groups is 2. The number of rotatable bonds is 7. The van der Waals surface area contributed by atoms with E-state index < -0.39 is 0 Å². The lowest BCUT2D eigenvalue weighted by Crippen LogP contribution is -2.50. The fourth-order valence-electron chi connectivity index (χ4n) is 3.47. The Morgan fingerprint density at radius 2 is 1.79 bits per heavy atom. The van der Waals surface area contributed by atoms with Gasteiger partial charge in [0.2, 0.25) is 5.91 Å². The minimum atomic E-state index is -0.265. The fourth-order valence-corrected chi connectivity index (χ4v) is 3.47. The van der Waals surface area contributed by atoms with E-state index in [1.807, 2.05) is 39.8 Å². The molecule has 0 bridgehead atoms. The van der Waals surface area contributed by atoms with Gasteiger partial charge in [0.1, 0.15) is 0 Å². The van der Waals surface area contributed by atoms with E-state index in [0.29, 0.717) is 31.0 Å². The lowest BCUT2D eigenvalue weighted by Gasteiger charge is -2.38. The van der Waals surface area contributed by atoms with Crippen LogP contribution in [0.25, 0.3) is 0 Å². The minimum Gasteiger partial charge on any atom is -0.493 e. The maximum Gasteiger partial charge on any atom is 0.318 e. The third-order valence-corrected chi connectivity index (χ3v) is 4.76. The molecule has 0 spiro atoms. The molecule has 28 heavy (non-hydrogen) atoms. The van der Waals surface area contributed by atoms with Gasteiger partial charge in [0, 0.05) is 25.6 Å². The normalized spacial score (nSPS) is 16.0. The smallest absolute Gasteiger partial charge is 0.318 e. The second-order valence-corrected chi connectivity index (χ2v) is 7.87. The summed E-state index contributed by atoms with van der Waals surface area (Å²) in [5, 5.41) is 5.96. The summed E-state index contributed by atoms with van der Waals surface area (Å²) < 4.78 is 10.9. The van der Waals surface area contributed by atoms with Crippen LogP contribution in [0.3, 0.4) is 0 Å². The number of methoxy groups -OCH3 is 2. The molecule has 0 aliphatic carbocycles. The highest BCUT2D eigenvalue weighted by molar-refractivity contribution is 5.77. The van der Waals surface area contributed by atoms with Gasteiger partial charge in [-0.25, -0.2) is 4.79 Å². The summed E-state index contributed by atoms with van der Waals surface area (Å²) in [6.45, 7) is 8.82. The van der Waals surface area contributed by atoms with Crippen LogP contribution in [0.15, 0.2) is 12.1 Å². The van der Waals surface area contributed by atoms with E-state index >= 15 is 0 Å². The Morgan fingerprint density at radius 3 is 2.36 bits per heavy atom. The number of hydrogen-bond donors (Lipinski definition) is 2. The van der Waals surface area contributed by atoms with E-state index in [4.69, 9.17) is 9.47 Å². The molecule has 0 aromatic heterocycles. The molecule has 0 fully saturated rings. The Labute approximate surface area is 167 Å². The molecule has 0 radical (unpaired) electrons. The number of urea groups is 1. The van der Waals surface area contributed by atoms with Crippen molar-refractivity contribution < 1.29 is 19.1 Å². The summed E-state index contributed by atoms with van der Waals surface area (Å²) >= 11 is 0. The van der Waals surface area contributed by atoms with E-state index in [2.05, 4.69) is 10.6 Å². The van der Waals surface area contributed by atoms with Gasteiger partial charge in [-0.3, -0.25) is 4.79 Å². The second-order valence-electron chi connectivity index (χ2n) is 7.87. The van der Waals surface area contributed by atoms with Crippen molar-refractivity contribution >= 4 is 11.9 Å². The van der Waals surface area contributed by atoms with Gasteiger partial charge in [0.05, 0.1) is 20.3 Å². The predicted molar refractivity (Wildman–Crippen MR) is 109 cm³/mol. The van der Waals surface area contributed by atoms with Gasteiger partial charge in [-0.1, -0.05) is 13.8 Å². The zero-order chi connectivity index (χ0) is 20.8. The topological polar surface area (TPSA) is 79.9 Å². The highest BCUT2D eigenvalue weighted by Gasteiger charge is 2.32. The molecule has 1 heterocycles. The van der Waals surface area contributed by atoms with Crippen molar-refractivity contribution in [3.8, 4) is 11.5 Å². The summed E-state index contributed by atoms with van der Waals surface area (Å²) in [5.74, 6) is 1.56. The predicted octanol–water partition coefficient (Wildman–Crippen LogP) is 2.88. The first-order valence-corrected chi connectivity index (χ1v) is 9.85. The molecule has 2 rings (SSSR count). The number of hydrogen-bond acceptors (Lipinski definition) is 4. The number of fused-ring (bicyclic) bond motifs is 1. The van der Waals surface area contributed by atoms with Crippen LogP contribution in [0.1, 0.15) is 51.3 Å². The molecular formula is C21H33N3O4. The number of amides is 3. The Hall–Kier alpha value is -2.44. The Bertz CT molecular complexity index is 703. The lowest BCUT2D eigenvalue weighted by atomic mass is 9.91. The van der Waals surface area contributed by atoms with E-state index in [1.165, 1.54) is 0 Å². The quantitative estimate of drug-likeness (QED) is 0.749. The molecule has 156 valence electrons. The Balaban J connectivity index is 2.34. The van der Waals surface area contributed by atoms with Gasteiger partial charge < -0.3 is 25.0 Å². The van der Waals surface area contributed by atoms with Crippen LogP contribution in [-0.4, -0.2) is 50.2 Å². The molecule has 1 aliphatic heterocycles. The van der Waals surface area contributed by atoms with Gasteiger partial charge in [-0.05, 0) is 49.4 Å². The van der Waals surface area contributed by atoms with Gasteiger partial charge >= 0.3 is 6.03 Å². The van der Waals surface area contributed by atoms with E-state index in [0.717, 1.165) is 17.5 Å². The van der Waals surface area contributed by atoms with Crippen LogP contribution in [0.5, 0.6) is 11.5 Å². The molecule has 7 heteroatoms. The van der Waals surface area contributed by atoms with Crippen molar-refractivity contribution in [2.24, 2.45) is 5.92 Å². The largest absolute Gasteiger partial charge is 0.493 e. The molecule has 1 atom stereocenters. The van der Waals surface area contributed by atoms with Gasteiger partial charge in [-0.2, -0.15) is 0 Å². The molecule has 1 aromatic rings. The first-order valence-electron chi connectivity index (χ1n) is 9.85. The van der Waals surface area contributed by atoms with Crippen LogP contribution in [0.4, 0.5) is 4.79 Å². The number of carbonyl (C=O) groups excluding carboxylic acids is 2. The third-order valence-electron chi connectivity index (χ3n) is 4.76. The van der Waals surface area contributed by atoms with Crippen LogP contribution in [0, 0.1) is 5.92 Å². The number of nitrogens with zero attached hydrogens (tertiary/aromatic N) is 1. The molecule has 3 amide bonds.